The van der Waals surface area contributed by atoms with Gasteiger partial charge in [-0.2, -0.15) is 0 Å². The number of amides is 1. The third-order valence-corrected chi connectivity index (χ3v) is 7.24. The predicted octanol–water partition coefficient (Wildman–Crippen LogP) is 5.03. The van der Waals surface area contributed by atoms with Gasteiger partial charge in [0, 0.05) is 23.0 Å². The number of anilines is 1. The average molecular weight is 474 g/mol. The van der Waals surface area contributed by atoms with Crippen LogP contribution in [-0.4, -0.2) is 41.3 Å². The van der Waals surface area contributed by atoms with Crippen LogP contribution in [-0.2, 0) is 16.0 Å². The molecule has 0 bridgehead atoms. The Morgan fingerprint density at radius 1 is 1.18 bits per heavy atom. The Morgan fingerprint density at radius 3 is 2.70 bits per heavy atom. The summed E-state index contributed by atoms with van der Waals surface area (Å²) in [4.78, 5) is 28.0. The van der Waals surface area contributed by atoms with Gasteiger partial charge in [-0.3, -0.25) is 4.79 Å². The molecule has 2 atom stereocenters. The Morgan fingerprint density at radius 2 is 1.97 bits per heavy atom. The summed E-state index contributed by atoms with van der Waals surface area (Å²) in [6, 6.07) is 11.7. The molecule has 1 unspecified atom stereocenters. The summed E-state index contributed by atoms with van der Waals surface area (Å²) in [7, 11) is 0. The summed E-state index contributed by atoms with van der Waals surface area (Å²) in [5.41, 5.74) is 1.81. The van der Waals surface area contributed by atoms with Gasteiger partial charge in [0.2, 0.25) is 5.91 Å². The lowest BCUT2D eigenvalue weighted by atomic mass is 10.0. The van der Waals surface area contributed by atoms with Crippen molar-refractivity contribution in [2.45, 2.75) is 76.9 Å². The van der Waals surface area contributed by atoms with E-state index in [1.165, 1.54) is 11.3 Å². The van der Waals surface area contributed by atoms with Crippen LogP contribution in [0.5, 0.6) is 0 Å². The highest BCUT2D eigenvalue weighted by molar-refractivity contribution is 7.13. The molecule has 2 aromatic rings. The van der Waals surface area contributed by atoms with Gasteiger partial charge in [0.25, 0.3) is 0 Å². The highest BCUT2D eigenvalue weighted by Crippen LogP contribution is 2.31. The second-order valence-electron chi connectivity index (χ2n) is 8.58. The van der Waals surface area contributed by atoms with Gasteiger partial charge in [-0.25, -0.2) is 4.79 Å². The van der Waals surface area contributed by atoms with E-state index in [4.69, 9.17) is 9.84 Å². The first kappa shape index (κ1) is 25.4. The standard InChI is InChI=1S/C26H35NO5S/c1-2-3-4-8-23(29)19-9-11-21(12-10-19)27-20(13-16-25(27)30)6-5-7-22-14-15-24(33-22)26(31)32-18-17-28/h9-12,14-15,20,23,28-29H,2-8,13,16-18H2,1H3/t20-,23?/m0/s1. The van der Waals surface area contributed by atoms with Crippen LogP contribution in [0.4, 0.5) is 5.69 Å². The molecule has 1 aliphatic rings. The Labute approximate surface area is 200 Å². The number of hydrogen-bond donors (Lipinski definition) is 2. The number of nitrogens with zero attached hydrogens (tertiary/aromatic N) is 1. The van der Waals surface area contributed by atoms with E-state index in [-0.39, 0.29) is 25.2 Å². The maximum absolute atomic E-state index is 12.6. The van der Waals surface area contributed by atoms with Crippen LogP contribution in [0.25, 0.3) is 0 Å². The van der Waals surface area contributed by atoms with E-state index < -0.39 is 12.1 Å². The molecule has 1 aromatic heterocycles. The number of unbranched alkanes of at least 4 members (excludes halogenated alkanes) is 2. The van der Waals surface area contributed by atoms with E-state index >= 15 is 0 Å². The number of aryl methyl sites for hydroxylation is 1. The zero-order valence-corrected chi connectivity index (χ0v) is 20.2. The van der Waals surface area contributed by atoms with Gasteiger partial charge >= 0.3 is 5.97 Å². The maximum atomic E-state index is 12.6. The summed E-state index contributed by atoms with van der Waals surface area (Å²) in [6.07, 6.45) is 7.67. The minimum absolute atomic E-state index is 0.0103. The van der Waals surface area contributed by atoms with Gasteiger partial charge in [-0.1, -0.05) is 38.3 Å². The fourth-order valence-corrected chi connectivity index (χ4v) is 5.27. The molecule has 33 heavy (non-hydrogen) atoms. The molecule has 0 aliphatic carbocycles. The molecule has 1 aromatic carbocycles. The number of esters is 1. The highest BCUT2D eigenvalue weighted by atomic mass is 32.1. The third kappa shape index (κ3) is 7.13. The van der Waals surface area contributed by atoms with Crippen molar-refractivity contribution in [3.05, 3.63) is 51.7 Å². The first-order valence-corrected chi connectivity index (χ1v) is 12.8. The van der Waals surface area contributed by atoms with E-state index in [1.54, 1.807) is 6.07 Å². The third-order valence-electron chi connectivity index (χ3n) is 6.11. The normalized spacial score (nSPS) is 16.9. The summed E-state index contributed by atoms with van der Waals surface area (Å²) in [5.74, 6) is -0.243. The lowest BCUT2D eigenvalue weighted by Gasteiger charge is -2.25. The fourth-order valence-electron chi connectivity index (χ4n) is 4.33. The van der Waals surface area contributed by atoms with Crippen LogP contribution >= 0.6 is 11.3 Å². The van der Waals surface area contributed by atoms with Gasteiger partial charge in [0.1, 0.15) is 11.5 Å². The van der Waals surface area contributed by atoms with E-state index in [2.05, 4.69) is 6.92 Å². The summed E-state index contributed by atoms with van der Waals surface area (Å²) in [5, 5.41) is 19.2. The number of ether oxygens (including phenoxy) is 1. The molecule has 1 fully saturated rings. The lowest BCUT2D eigenvalue weighted by Crippen LogP contribution is -2.32. The second kappa shape index (κ2) is 12.9. The molecule has 1 amide bonds. The van der Waals surface area contributed by atoms with Crippen molar-refractivity contribution in [3.8, 4) is 0 Å². The minimum atomic E-state index is -0.452. The Balaban J connectivity index is 1.53. The fraction of sp³-hybridized carbons (Fsp3) is 0.538. The quantitative estimate of drug-likeness (QED) is 0.315. The predicted molar refractivity (Wildman–Crippen MR) is 131 cm³/mol. The summed E-state index contributed by atoms with van der Waals surface area (Å²) >= 11 is 1.42. The van der Waals surface area contributed by atoms with Crippen LogP contribution in [0.2, 0.25) is 0 Å². The van der Waals surface area contributed by atoms with E-state index in [0.29, 0.717) is 11.3 Å². The first-order valence-electron chi connectivity index (χ1n) is 12.0. The number of aliphatic hydroxyl groups excluding tert-OH is 2. The maximum Gasteiger partial charge on any atom is 0.348 e. The number of hydrogen-bond acceptors (Lipinski definition) is 6. The minimum Gasteiger partial charge on any atom is -0.459 e. The first-order chi connectivity index (χ1) is 16.0. The molecule has 1 aliphatic heterocycles. The van der Waals surface area contributed by atoms with E-state index in [9.17, 15) is 14.7 Å². The highest BCUT2D eigenvalue weighted by Gasteiger charge is 2.31. The molecule has 1 saturated heterocycles. The number of rotatable bonds is 13. The van der Waals surface area contributed by atoms with Crippen molar-refractivity contribution in [2.75, 3.05) is 18.1 Å². The van der Waals surface area contributed by atoms with Crippen molar-refractivity contribution in [1.82, 2.24) is 0 Å². The average Bonchev–Trinajstić information content (AvgIpc) is 3.44. The smallest absolute Gasteiger partial charge is 0.348 e. The zero-order valence-electron chi connectivity index (χ0n) is 19.4. The molecule has 3 rings (SSSR count). The molecule has 2 N–H and O–H groups in total. The van der Waals surface area contributed by atoms with Gasteiger partial charge in [0.15, 0.2) is 0 Å². The Kier molecular flexibility index (Phi) is 9.91. The monoisotopic (exact) mass is 473 g/mol. The largest absolute Gasteiger partial charge is 0.459 e. The van der Waals surface area contributed by atoms with Gasteiger partial charge in [-0.15, -0.1) is 11.3 Å². The summed E-state index contributed by atoms with van der Waals surface area (Å²) < 4.78 is 4.96. The van der Waals surface area contributed by atoms with Crippen molar-refractivity contribution in [3.63, 3.8) is 0 Å². The van der Waals surface area contributed by atoms with Crippen LogP contribution in [0.1, 0.15) is 84.5 Å². The van der Waals surface area contributed by atoms with Crippen molar-refractivity contribution < 1.29 is 24.5 Å². The molecule has 0 radical (unpaired) electrons. The number of aliphatic hydroxyl groups is 2. The Hall–Kier alpha value is -2.22. The van der Waals surface area contributed by atoms with Gasteiger partial charge in [0.05, 0.1) is 12.7 Å². The SMILES string of the molecule is CCCCCC(O)c1ccc(N2C(=O)CC[C@@H]2CCCc2ccc(C(=O)OCCO)s2)cc1. The van der Waals surface area contributed by atoms with Crippen LogP contribution in [0.15, 0.2) is 36.4 Å². The molecule has 7 heteroatoms. The number of benzene rings is 1. The van der Waals surface area contributed by atoms with Crippen molar-refractivity contribution >= 4 is 28.9 Å². The lowest BCUT2D eigenvalue weighted by molar-refractivity contribution is -0.117. The van der Waals surface area contributed by atoms with Gasteiger partial charge in [-0.05, 0) is 61.9 Å². The molecule has 2 heterocycles. The summed E-state index contributed by atoms with van der Waals surface area (Å²) in [6.45, 7) is 1.98. The molecular weight excluding hydrogens is 438 g/mol. The Bertz CT molecular complexity index is 894. The molecule has 180 valence electrons. The van der Waals surface area contributed by atoms with E-state index in [0.717, 1.165) is 67.5 Å². The van der Waals surface area contributed by atoms with E-state index in [1.807, 2.05) is 35.2 Å². The van der Waals surface area contributed by atoms with Crippen LogP contribution in [0.3, 0.4) is 0 Å². The molecule has 0 saturated carbocycles. The number of carbonyl (C=O) groups excluding carboxylic acids is 2. The van der Waals surface area contributed by atoms with Crippen molar-refractivity contribution in [2.24, 2.45) is 0 Å². The van der Waals surface area contributed by atoms with Crippen molar-refractivity contribution in [1.29, 1.82) is 0 Å². The molecule has 0 spiro atoms. The van der Waals surface area contributed by atoms with Gasteiger partial charge < -0.3 is 19.8 Å². The van der Waals surface area contributed by atoms with Crippen LogP contribution in [0, 0.1) is 0 Å². The zero-order chi connectivity index (χ0) is 23.6. The molecule has 6 nitrogen and oxygen atoms in total. The second-order valence-corrected chi connectivity index (χ2v) is 9.75. The number of thiophene rings is 1. The topological polar surface area (TPSA) is 87.1 Å². The molecular formula is C26H35NO5S. The van der Waals surface area contributed by atoms with Crippen LogP contribution < -0.4 is 4.90 Å². The number of carbonyl (C=O) groups is 2.